The summed E-state index contributed by atoms with van der Waals surface area (Å²) >= 11 is 0. The molecule has 19 heavy (non-hydrogen) atoms. The molecule has 0 N–H and O–H groups in total. The lowest BCUT2D eigenvalue weighted by Gasteiger charge is -2.28. The molecule has 0 spiro atoms. The minimum absolute atomic E-state index is 0.531. The van der Waals surface area contributed by atoms with Crippen LogP contribution in [-0.2, 0) is 15.3 Å². The van der Waals surface area contributed by atoms with Gasteiger partial charge in [0.25, 0.3) is 0 Å². The summed E-state index contributed by atoms with van der Waals surface area (Å²) < 4.78 is 17.4. The summed E-state index contributed by atoms with van der Waals surface area (Å²) in [5.41, 5.74) is 2.27. The van der Waals surface area contributed by atoms with Crippen molar-refractivity contribution < 1.29 is 14.2 Å². The molecule has 1 fully saturated rings. The Hall–Kier alpha value is -1.06. The number of hydrogen-bond donors (Lipinski definition) is 0. The largest absolute Gasteiger partial charge is 0.493 e. The molecule has 1 saturated heterocycles. The summed E-state index contributed by atoms with van der Waals surface area (Å²) in [6.07, 6.45) is 0.819. The van der Waals surface area contributed by atoms with E-state index in [1.165, 1.54) is 0 Å². The molecule has 0 aromatic heterocycles. The minimum Gasteiger partial charge on any atom is -0.493 e. The smallest absolute Gasteiger partial charge is 0.194 e. The summed E-state index contributed by atoms with van der Waals surface area (Å²) in [5, 5.41) is 0. The first-order valence-corrected chi connectivity index (χ1v) is 7.09. The van der Waals surface area contributed by atoms with Crippen LogP contribution in [0, 0.1) is 12.8 Å². The van der Waals surface area contributed by atoms with Crippen molar-refractivity contribution in [1.29, 1.82) is 0 Å². The Morgan fingerprint density at radius 3 is 2.47 bits per heavy atom. The van der Waals surface area contributed by atoms with E-state index in [0.717, 1.165) is 29.9 Å². The normalized spacial score (nSPS) is 17.9. The van der Waals surface area contributed by atoms with Crippen LogP contribution < -0.4 is 4.74 Å². The van der Waals surface area contributed by atoms with E-state index in [2.05, 4.69) is 39.8 Å². The molecule has 1 aromatic carbocycles. The summed E-state index contributed by atoms with van der Waals surface area (Å²) in [6.45, 7) is 10.5. The first-order valence-electron chi connectivity index (χ1n) is 7.09. The summed E-state index contributed by atoms with van der Waals surface area (Å²) in [4.78, 5) is 0. The molecule has 1 aliphatic heterocycles. The van der Waals surface area contributed by atoms with Gasteiger partial charge in [0.15, 0.2) is 5.79 Å². The molecule has 0 unspecified atom stereocenters. The monoisotopic (exact) mass is 264 g/mol. The van der Waals surface area contributed by atoms with Crippen LogP contribution in [0.3, 0.4) is 0 Å². The fraction of sp³-hybridized carbons (Fsp3) is 0.625. The van der Waals surface area contributed by atoms with Crippen molar-refractivity contribution in [1.82, 2.24) is 0 Å². The minimum atomic E-state index is -0.555. The summed E-state index contributed by atoms with van der Waals surface area (Å²) in [5.74, 6) is 0.892. The first kappa shape index (κ1) is 14.4. The zero-order valence-corrected chi connectivity index (χ0v) is 12.4. The van der Waals surface area contributed by atoms with Gasteiger partial charge in [0.1, 0.15) is 5.75 Å². The molecule has 0 saturated carbocycles. The van der Waals surface area contributed by atoms with Gasteiger partial charge in [-0.3, -0.25) is 0 Å². The van der Waals surface area contributed by atoms with Gasteiger partial charge in [-0.15, -0.1) is 0 Å². The van der Waals surface area contributed by atoms with Crippen LogP contribution >= 0.6 is 0 Å². The molecule has 1 heterocycles. The maximum Gasteiger partial charge on any atom is 0.194 e. The lowest BCUT2D eigenvalue weighted by atomic mass is 9.98. The van der Waals surface area contributed by atoms with E-state index in [1.54, 1.807) is 0 Å². The third-order valence-electron chi connectivity index (χ3n) is 3.41. The van der Waals surface area contributed by atoms with Gasteiger partial charge >= 0.3 is 0 Å². The molecule has 2 rings (SSSR count). The molecule has 3 nitrogen and oxygen atoms in total. The average molecular weight is 264 g/mol. The second-order valence-corrected chi connectivity index (χ2v) is 5.48. The maximum absolute atomic E-state index is 5.83. The van der Waals surface area contributed by atoms with Crippen LogP contribution in [0.1, 0.15) is 38.3 Å². The van der Waals surface area contributed by atoms with Crippen molar-refractivity contribution >= 4 is 0 Å². The molecule has 0 amide bonds. The number of hydrogen-bond acceptors (Lipinski definition) is 3. The van der Waals surface area contributed by atoms with Crippen molar-refractivity contribution in [2.45, 2.75) is 39.9 Å². The highest BCUT2D eigenvalue weighted by molar-refractivity contribution is 5.37. The zero-order chi connectivity index (χ0) is 13.9. The molecule has 0 aliphatic carbocycles. The Morgan fingerprint density at radius 2 is 1.95 bits per heavy atom. The number of rotatable bonds is 5. The molecule has 0 atom stereocenters. The Labute approximate surface area is 115 Å². The number of ether oxygens (including phenoxy) is 3. The van der Waals surface area contributed by atoms with E-state index in [0.29, 0.717) is 19.1 Å². The van der Waals surface area contributed by atoms with E-state index in [1.807, 2.05) is 6.07 Å². The van der Waals surface area contributed by atoms with Crippen LogP contribution in [0.25, 0.3) is 0 Å². The Balaban J connectivity index is 2.19. The van der Waals surface area contributed by atoms with Gasteiger partial charge in [-0.2, -0.15) is 0 Å². The van der Waals surface area contributed by atoms with Crippen LogP contribution in [0.15, 0.2) is 18.2 Å². The highest BCUT2D eigenvalue weighted by Gasteiger charge is 2.37. The molecule has 0 radical (unpaired) electrons. The molecular formula is C16H24O3. The Bertz CT molecular complexity index is 420. The van der Waals surface area contributed by atoms with Crippen LogP contribution in [0.2, 0.25) is 0 Å². The topological polar surface area (TPSA) is 27.7 Å². The highest BCUT2D eigenvalue weighted by atomic mass is 16.7. The van der Waals surface area contributed by atoms with E-state index in [4.69, 9.17) is 14.2 Å². The average Bonchev–Trinajstić information content (AvgIpc) is 2.86. The molecule has 1 aliphatic rings. The third-order valence-corrected chi connectivity index (χ3v) is 3.41. The predicted molar refractivity (Wildman–Crippen MR) is 75.4 cm³/mol. The fourth-order valence-electron chi connectivity index (χ4n) is 2.42. The molecule has 0 bridgehead atoms. The van der Waals surface area contributed by atoms with Gasteiger partial charge in [-0.05, 0) is 36.6 Å². The quantitative estimate of drug-likeness (QED) is 0.812. The van der Waals surface area contributed by atoms with Gasteiger partial charge in [0, 0.05) is 12.0 Å². The van der Waals surface area contributed by atoms with Crippen molar-refractivity contribution in [3.8, 4) is 5.75 Å². The van der Waals surface area contributed by atoms with Crippen LogP contribution in [0.5, 0.6) is 5.75 Å². The molecule has 1 aromatic rings. The van der Waals surface area contributed by atoms with Crippen molar-refractivity contribution in [3.05, 3.63) is 29.3 Å². The van der Waals surface area contributed by atoms with Gasteiger partial charge in [0.2, 0.25) is 0 Å². The molecular weight excluding hydrogens is 240 g/mol. The number of aryl methyl sites for hydroxylation is 1. The number of benzene rings is 1. The zero-order valence-electron chi connectivity index (χ0n) is 12.4. The van der Waals surface area contributed by atoms with Crippen molar-refractivity contribution in [2.24, 2.45) is 5.92 Å². The maximum atomic E-state index is 5.83. The first-order chi connectivity index (χ1) is 9.07. The van der Waals surface area contributed by atoms with E-state index < -0.39 is 5.79 Å². The predicted octanol–water partition coefficient (Wildman–Crippen LogP) is 3.64. The van der Waals surface area contributed by atoms with Crippen LogP contribution in [0.4, 0.5) is 0 Å². The Morgan fingerprint density at radius 1 is 1.26 bits per heavy atom. The van der Waals surface area contributed by atoms with Gasteiger partial charge in [-0.25, -0.2) is 0 Å². The van der Waals surface area contributed by atoms with E-state index in [9.17, 15) is 0 Å². The van der Waals surface area contributed by atoms with Gasteiger partial charge < -0.3 is 14.2 Å². The van der Waals surface area contributed by atoms with E-state index in [-0.39, 0.29) is 0 Å². The van der Waals surface area contributed by atoms with Crippen molar-refractivity contribution in [3.63, 3.8) is 0 Å². The molecule has 3 heteroatoms. The van der Waals surface area contributed by atoms with Crippen LogP contribution in [-0.4, -0.2) is 19.8 Å². The lowest BCUT2D eigenvalue weighted by molar-refractivity contribution is -0.167. The Kier molecular flexibility index (Phi) is 4.48. The summed E-state index contributed by atoms with van der Waals surface area (Å²) in [6, 6.07) is 6.15. The second kappa shape index (κ2) is 5.93. The van der Waals surface area contributed by atoms with Crippen molar-refractivity contribution in [2.75, 3.05) is 19.8 Å². The summed E-state index contributed by atoms with van der Waals surface area (Å²) in [7, 11) is 0. The van der Waals surface area contributed by atoms with Gasteiger partial charge in [-0.1, -0.05) is 20.8 Å². The fourth-order valence-corrected chi connectivity index (χ4v) is 2.42. The standard InChI is InChI=1S/C16H24O3/c1-5-16(18-8-9-19-16)15-7-6-14(10-13(15)4)17-11-12(2)3/h6-7,10,12H,5,8-9,11H2,1-4H3. The highest BCUT2D eigenvalue weighted by Crippen LogP contribution is 2.37. The lowest BCUT2D eigenvalue weighted by Crippen LogP contribution is -2.27. The third kappa shape index (κ3) is 3.10. The second-order valence-electron chi connectivity index (χ2n) is 5.48. The van der Waals surface area contributed by atoms with Gasteiger partial charge in [0.05, 0.1) is 19.8 Å². The van der Waals surface area contributed by atoms with E-state index >= 15 is 0 Å². The molecule has 106 valence electrons. The SMILES string of the molecule is CCC1(c2ccc(OCC(C)C)cc2C)OCCO1.